The molecule has 21 heavy (non-hydrogen) atoms. The minimum absolute atomic E-state index is 0.123. The Labute approximate surface area is 129 Å². The van der Waals surface area contributed by atoms with Gasteiger partial charge in [0.05, 0.1) is 21.6 Å². The molecule has 0 unspecified atom stereocenters. The molecule has 7 heteroatoms. The van der Waals surface area contributed by atoms with Crippen molar-refractivity contribution in [1.29, 1.82) is 0 Å². The van der Waals surface area contributed by atoms with E-state index >= 15 is 0 Å². The average Bonchev–Trinajstić information content (AvgIpc) is 2.45. The molecule has 0 spiro atoms. The van der Waals surface area contributed by atoms with Gasteiger partial charge >= 0.3 is 5.56 Å². The highest BCUT2D eigenvalue weighted by Gasteiger charge is 2.12. The summed E-state index contributed by atoms with van der Waals surface area (Å²) in [4.78, 5) is 18.5. The van der Waals surface area contributed by atoms with Crippen LogP contribution in [0.4, 0.5) is 5.69 Å². The van der Waals surface area contributed by atoms with Crippen LogP contribution in [0.5, 0.6) is 5.75 Å². The summed E-state index contributed by atoms with van der Waals surface area (Å²) >= 11 is 12.0. The standard InChI is InChI=1S/C14H9Cl2N3O2/c15-11-5-9(17)6-12(16)13(11)21-19-14(20)10-4-2-1-3-8(10)7-18-19/h1-7H,17H2. The fraction of sp³-hybridized carbons (Fsp3) is 0. The lowest BCUT2D eigenvalue weighted by atomic mass is 10.2. The van der Waals surface area contributed by atoms with Gasteiger partial charge in [-0.25, -0.2) is 0 Å². The SMILES string of the molecule is Nc1cc(Cl)c(On2ncc3ccccc3c2=O)c(Cl)c1. The summed E-state index contributed by atoms with van der Waals surface area (Å²) in [6.45, 7) is 0. The normalized spacial score (nSPS) is 10.8. The van der Waals surface area contributed by atoms with Crippen LogP contribution < -0.4 is 16.1 Å². The monoisotopic (exact) mass is 321 g/mol. The largest absolute Gasteiger partial charge is 0.399 e. The predicted octanol–water partition coefficient (Wildman–Crippen LogP) is 3.13. The van der Waals surface area contributed by atoms with E-state index in [9.17, 15) is 4.79 Å². The van der Waals surface area contributed by atoms with Crippen LogP contribution in [0.1, 0.15) is 0 Å². The van der Waals surface area contributed by atoms with E-state index in [1.165, 1.54) is 18.3 Å². The van der Waals surface area contributed by atoms with Crippen molar-refractivity contribution in [3.63, 3.8) is 0 Å². The summed E-state index contributed by atoms with van der Waals surface area (Å²) in [6, 6.07) is 10.0. The van der Waals surface area contributed by atoms with Crippen LogP contribution in [0.15, 0.2) is 47.4 Å². The Balaban J connectivity index is 2.11. The third-order valence-corrected chi connectivity index (χ3v) is 3.43. The first kappa shape index (κ1) is 13.7. The Morgan fingerprint density at radius 1 is 1.14 bits per heavy atom. The molecule has 0 radical (unpaired) electrons. The van der Waals surface area contributed by atoms with Crippen LogP contribution >= 0.6 is 23.2 Å². The number of hydrogen-bond donors (Lipinski definition) is 1. The molecule has 0 bridgehead atoms. The van der Waals surface area contributed by atoms with Gasteiger partial charge in [-0.2, -0.15) is 0 Å². The van der Waals surface area contributed by atoms with Crippen molar-refractivity contribution < 1.29 is 4.84 Å². The van der Waals surface area contributed by atoms with Crippen molar-refractivity contribution in [3.05, 3.63) is 63.0 Å². The van der Waals surface area contributed by atoms with Gasteiger partial charge in [0.2, 0.25) is 0 Å². The predicted molar refractivity (Wildman–Crippen MR) is 82.9 cm³/mol. The number of anilines is 1. The summed E-state index contributed by atoms with van der Waals surface area (Å²) in [5.74, 6) is 0.123. The van der Waals surface area contributed by atoms with E-state index < -0.39 is 5.56 Å². The van der Waals surface area contributed by atoms with Crippen molar-refractivity contribution in [2.75, 3.05) is 5.73 Å². The minimum Gasteiger partial charge on any atom is -0.399 e. The lowest BCUT2D eigenvalue weighted by Crippen LogP contribution is -2.26. The van der Waals surface area contributed by atoms with Crippen molar-refractivity contribution in [3.8, 4) is 5.75 Å². The maximum atomic E-state index is 12.3. The molecule has 0 atom stereocenters. The fourth-order valence-electron chi connectivity index (χ4n) is 1.89. The van der Waals surface area contributed by atoms with Crippen LogP contribution in [0.3, 0.4) is 0 Å². The highest BCUT2D eigenvalue weighted by atomic mass is 35.5. The van der Waals surface area contributed by atoms with Crippen LogP contribution in [-0.2, 0) is 0 Å². The first-order chi connectivity index (χ1) is 10.1. The molecule has 3 aromatic rings. The maximum absolute atomic E-state index is 12.3. The third kappa shape index (κ3) is 2.53. The molecule has 1 aromatic heterocycles. The molecule has 0 aliphatic heterocycles. The van der Waals surface area contributed by atoms with Gasteiger partial charge in [-0.3, -0.25) is 4.79 Å². The smallest absolute Gasteiger partial charge is 0.311 e. The van der Waals surface area contributed by atoms with Crippen molar-refractivity contribution in [2.45, 2.75) is 0 Å². The van der Waals surface area contributed by atoms with Crippen LogP contribution in [0.2, 0.25) is 10.0 Å². The summed E-state index contributed by atoms with van der Waals surface area (Å²) in [5.41, 5.74) is 5.61. The van der Waals surface area contributed by atoms with Crippen LogP contribution in [-0.4, -0.2) is 9.94 Å². The quantitative estimate of drug-likeness (QED) is 0.736. The molecule has 0 fully saturated rings. The fourth-order valence-corrected chi connectivity index (χ4v) is 2.47. The molecular formula is C14H9Cl2N3O2. The first-order valence-electron chi connectivity index (χ1n) is 5.96. The topological polar surface area (TPSA) is 70.1 Å². The first-order valence-corrected chi connectivity index (χ1v) is 6.72. The lowest BCUT2D eigenvalue weighted by molar-refractivity contribution is 0.166. The van der Waals surface area contributed by atoms with Gasteiger partial charge in [0, 0.05) is 11.1 Å². The lowest BCUT2D eigenvalue weighted by Gasteiger charge is -2.10. The highest BCUT2D eigenvalue weighted by molar-refractivity contribution is 6.37. The van der Waals surface area contributed by atoms with E-state index in [1.54, 1.807) is 18.2 Å². The summed E-state index contributed by atoms with van der Waals surface area (Å²) in [6.07, 6.45) is 1.52. The van der Waals surface area contributed by atoms with E-state index in [1.807, 2.05) is 6.07 Å². The number of benzene rings is 2. The van der Waals surface area contributed by atoms with Gasteiger partial charge in [-0.05, 0) is 18.2 Å². The van der Waals surface area contributed by atoms with Gasteiger partial charge in [-0.1, -0.05) is 46.2 Å². The Morgan fingerprint density at radius 2 is 1.81 bits per heavy atom. The number of nitrogens with two attached hydrogens (primary N) is 1. The van der Waals surface area contributed by atoms with Gasteiger partial charge in [0.25, 0.3) is 0 Å². The molecule has 3 rings (SSSR count). The maximum Gasteiger partial charge on any atom is 0.311 e. The van der Waals surface area contributed by atoms with E-state index in [4.69, 9.17) is 33.8 Å². The summed E-state index contributed by atoms with van der Waals surface area (Å²) in [5, 5.41) is 5.53. The second-order valence-electron chi connectivity index (χ2n) is 4.31. The number of hydrogen-bond acceptors (Lipinski definition) is 4. The molecule has 2 aromatic carbocycles. The third-order valence-electron chi connectivity index (χ3n) is 2.86. The summed E-state index contributed by atoms with van der Waals surface area (Å²) in [7, 11) is 0. The molecule has 5 nitrogen and oxygen atoms in total. The highest BCUT2D eigenvalue weighted by Crippen LogP contribution is 2.34. The van der Waals surface area contributed by atoms with Gasteiger partial charge in [0.1, 0.15) is 0 Å². The number of nitrogen functional groups attached to an aromatic ring is 1. The number of rotatable bonds is 2. The van der Waals surface area contributed by atoms with Crippen LogP contribution in [0.25, 0.3) is 10.8 Å². The minimum atomic E-state index is -0.406. The van der Waals surface area contributed by atoms with E-state index in [0.29, 0.717) is 11.1 Å². The molecule has 0 saturated heterocycles. The number of halogens is 2. The Hall–Kier alpha value is -2.24. The molecule has 0 aliphatic rings. The van der Waals surface area contributed by atoms with Gasteiger partial charge in [0.15, 0.2) is 5.75 Å². The number of nitrogens with zero attached hydrogens (tertiary/aromatic N) is 2. The van der Waals surface area contributed by atoms with E-state index in [2.05, 4.69) is 5.10 Å². The van der Waals surface area contributed by atoms with E-state index in [0.717, 1.165) is 10.2 Å². The number of aromatic nitrogens is 2. The Morgan fingerprint density at radius 3 is 2.52 bits per heavy atom. The zero-order chi connectivity index (χ0) is 15.0. The molecule has 0 saturated carbocycles. The van der Waals surface area contributed by atoms with Gasteiger partial charge < -0.3 is 10.6 Å². The van der Waals surface area contributed by atoms with Crippen molar-refractivity contribution in [1.82, 2.24) is 9.94 Å². The zero-order valence-corrected chi connectivity index (χ0v) is 12.1. The molecule has 0 aliphatic carbocycles. The zero-order valence-electron chi connectivity index (χ0n) is 10.6. The van der Waals surface area contributed by atoms with Crippen LogP contribution in [0, 0.1) is 0 Å². The number of fused-ring (bicyclic) bond motifs is 1. The molecule has 2 N–H and O–H groups in total. The Bertz CT molecular complexity index is 870. The second-order valence-corrected chi connectivity index (χ2v) is 5.13. The van der Waals surface area contributed by atoms with Gasteiger partial charge in [-0.15, -0.1) is 5.10 Å². The molecular weight excluding hydrogens is 313 g/mol. The second kappa shape index (κ2) is 5.27. The molecule has 106 valence electrons. The van der Waals surface area contributed by atoms with Crippen molar-refractivity contribution in [2.24, 2.45) is 0 Å². The van der Waals surface area contributed by atoms with E-state index in [-0.39, 0.29) is 15.8 Å². The Kier molecular flexibility index (Phi) is 3.45. The molecule has 0 amide bonds. The summed E-state index contributed by atoms with van der Waals surface area (Å²) < 4.78 is 0. The van der Waals surface area contributed by atoms with Crippen molar-refractivity contribution >= 4 is 39.7 Å². The average molecular weight is 322 g/mol. The molecule has 1 heterocycles.